The maximum absolute atomic E-state index is 12.6. The van der Waals surface area contributed by atoms with Crippen LogP contribution in [0.1, 0.15) is 49.3 Å². The molecule has 2 N–H and O–H groups in total. The molecule has 0 aromatic carbocycles. The molecule has 1 aliphatic rings. The van der Waals surface area contributed by atoms with E-state index < -0.39 is 0 Å². The van der Waals surface area contributed by atoms with Crippen LogP contribution < -0.4 is 5.73 Å². The summed E-state index contributed by atoms with van der Waals surface area (Å²) in [7, 11) is 0. The molecule has 1 amide bonds. The first-order valence-electron chi connectivity index (χ1n) is 7.57. The summed E-state index contributed by atoms with van der Waals surface area (Å²) < 4.78 is 0. The number of carbonyl (C=O) groups excluding carboxylic acids is 1. The molecule has 1 heterocycles. The van der Waals surface area contributed by atoms with Crippen molar-refractivity contribution in [1.29, 1.82) is 0 Å². The summed E-state index contributed by atoms with van der Waals surface area (Å²) in [5, 5.41) is 0. The van der Waals surface area contributed by atoms with Gasteiger partial charge in [-0.1, -0.05) is 6.42 Å². The monoisotopic (exact) mass is 294 g/mol. The molecule has 2 atom stereocenters. The molecule has 2 rings (SSSR count). The molecule has 1 fully saturated rings. The average molecular weight is 294 g/mol. The summed E-state index contributed by atoms with van der Waals surface area (Å²) in [6.45, 7) is 7.02. The van der Waals surface area contributed by atoms with Gasteiger partial charge in [-0.15, -0.1) is 11.3 Å². The quantitative estimate of drug-likeness (QED) is 0.905. The normalized spacial score (nSPS) is 22.4. The van der Waals surface area contributed by atoms with Gasteiger partial charge in [-0.25, -0.2) is 0 Å². The molecule has 0 saturated heterocycles. The van der Waals surface area contributed by atoms with Gasteiger partial charge in [0.1, 0.15) is 0 Å². The summed E-state index contributed by atoms with van der Waals surface area (Å²) in [5.41, 5.74) is 6.09. The third-order valence-electron chi connectivity index (χ3n) is 4.22. The van der Waals surface area contributed by atoms with Crippen LogP contribution in [0.5, 0.6) is 0 Å². The van der Waals surface area contributed by atoms with Crippen molar-refractivity contribution in [3.63, 3.8) is 0 Å². The van der Waals surface area contributed by atoms with Crippen molar-refractivity contribution in [1.82, 2.24) is 4.90 Å². The number of nitrogens with zero attached hydrogens (tertiary/aromatic N) is 1. The van der Waals surface area contributed by atoms with Crippen molar-refractivity contribution < 1.29 is 4.79 Å². The second-order valence-electron chi connectivity index (χ2n) is 6.19. The third-order valence-corrected chi connectivity index (χ3v) is 5.21. The molecule has 0 unspecified atom stereocenters. The second kappa shape index (κ2) is 6.72. The van der Waals surface area contributed by atoms with Crippen LogP contribution in [-0.2, 0) is 11.3 Å². The Labute approximate surface area is 126 Å². The zero-order valence-electron chi connectivity index (χ0n) is 12.8. The highest BCUT2D eigenvalue weighted by Crippen LogP contribution is 2.28. The lowest BCUT2D eigenvalue weighted by molar-refractivity contribution is -0.134. The largest absolute Gasteiger partial charge is 0.335 e. The predicted octanol–water partition coefficient (Wildman–Crippen LogP) is 3.31. The van der Waals surface area contributed by atoms with E-state index in [0.717, 1.165) is 19.4 Å². The first-order chi connectivity index (χ1) is 9.47. The molecule has 1 saturated carbocycles. The van der Waals surface area contributed by atoms with Crippen LogP contribution in [-0.4, -0.2) is 22.9 Å². The fourth-order valence-corrected chi connectivity index (χ4v) is 3.85. The summed E-state index contributed by atoms with van der Waals surface area (Å²) >= 11 is 1.78. The standard InChI is InChI=1S/C16H26N2OS/c1-11(2)18(10-14-8-7-12(3)20-14)16(19)9-13-5-4-6-15(13)17/h7-8,11,13,15H,4-6,9-10,17H2,1-3H3/t13-,15+/m0/s1. The lowest BCUT2D eigenvalue weighted by Gasteiger charge is -2.28. The fourth-order valence-electron chi connectivity index (χ4n) is 2.96. The van der Waals surface area contributed by atoms with E-state index in [0.29, 0.717) is 12.3 Å². The minimum absolute atomic E-state index is 0.219. The predicted molar refractivity (Wildman–Crippen MR) is 84.7 cm³/mol. The first-order valence-corrected chi connectivity index (χ1v) is 8.39. The van der Waals surface area contributed by atoms with E-state index in [1.807, 2.05) is 4.90 Å². The molecule has 3 nitrogen and oxygen atoms in total. The second-order valence-corrected chi connectivity index (χ2v) is 7.56. The summed E-state index contributed by atoms with van der Waals surface area (Å²) in [6.07, 6.45) is 3.97. The molecule has 0 spiro atoms. The van der Waals surface area contributed by atoms with Crippen LogP contribution >= 0.6 is 11.3 Å². The van der Waals surface area contributed by atoms with Gasteiger partial charge in [-0.3, -0.25) is 4.79 Å². The Morgan fingerprint density at radius 1 is 1.45 bits per heavy atom. The van der Waals surface area contributed by atoms with Crippen molar-refractivity contribution in [2.45, 2.75) is 65.1 Å². The number of nitrogens with two attached hydrogens (primary N) is 1. The van der Waals surface area contributed by atoms with E-state index >= 15 is 0 Å². The average Bonchev–Trinajstić information content (AvgIpc) is 2.96. The number of hydrogen-bond donors (Lipinski definition) is 1. The molecule has 1 aromatic heterocycles. The number of amides is 1. The van der Waals surface area contributed by atoms with Crippen LogP contribution in [0.25, 0.3) is 0 Å². The van der Waals surface area contributed by atoms with E-state index in [9.17, 15) is 4.79 Å². The Balaban J connectivity index is 1.98. The minimum Gasteiger partial charge on any atom is -0.335 e. The smallest absolute Gasteiger partial charge is 0.223 e. The SMILES string of the molecule is Cc1ccc(CN(C(=O)C[C@@H]2CCC[C@H]2N)C(C)C)s1. The van der Waals surface area contributed by atoms with E-state index in [-0.39, 0.29) is 18.0 Å². The van der Waals surface area contributed by atoms with Gasteiger partial charge < -0.3 is 10.6 Å². The lowest BCUT2D eigenvalue weighted by atomic mass is 9.99. The zero-order chi connectivity index (χ0) is 14.7. The highest BCUT2D eigenvalue weighted by Gasteiger charge is 2.28. The topological polar surface area (TPSA) is 46.3 Å². The Morgan fingerprint density at radius 3 is 2.70 bits per heavy atom. The molecule has 0 bridgehead atoms. The number of thiophene rings is 1. The molecule has 112 valence electrons. The Kier molecular flexibility index (Phi) is 5.22. The highest BCUT2D eigenvalue weighted by atomic mass is 32.1. The maximum Gasteiger partial charge on any atom is 0.223 e. The Hall–Kier alpha value is -0.870. The highest BCUT2D eigenvalue weighted by molar-refractivity contribution is 7.11. The first kappa shape index (κ1) is 15.5. The van der Waals surface area contributed by atoms with Crippen LogP contribution in [0, 0.1) is 12.8 Å². The van der Waals surface area contributed by atoms with Crippen molar-refractivity contribution in [3.05, 3.63) is 21.9 Å². The Bertz CT molecular complexity index is 455. The van der Waals surface area contributed by atoms with Crippen molar-refractivity contribution in [3.8, 4) is 0 Å². The molecule has 0 aliphatic heterocycles. The van der Waals surface area contributed by atoms with Crippen LogP contribution in [0.3, 0.4) is 0 Å². The van der Waals surface area contributed by atoms with Crippen molar-refractivity contribution in [2.75, 3.05) is 0 Å². The van der Waals surface area contributed by atoms with E-state index in [1.165, 1.54) is 16.2 Å². The zero-order valence-corrected chi connectivity index (χ0v) is 13.6. The molecule has 4 heteroatoms. The molecule has 0 radical (unpaired) electrons. The van der Waals surface area contributed by atoms with Gasteiger partial charge >= 0.3 is 0 Å². The van der Waals surface area contributed by atoms with E-state index in [2.05, 4.69) is 32.9 Å². The van der Waals surface area contributed by atoms with Crippen molar-refractivity contribution >= 4 is 17.2 Å². The molecule has 20 heavy (non-hydrogen) atoms. The molecule has 1 aliphatic carbocycles. The van der Waals surface area contributed by atoms with Crippen molar-refractivity contribution in [2.24, 2.45) is 11.7 Å². The Morgan fingerprint density at radius 2 is 2.20 bits per heavy atom. The lowest BCUT2D eigenvalue weighted by Crippen LogP contribution is -2.38. The number of aryl methyl sites for hydroxylation is 1. The molecular formula is C16H26N2OS. The maximum atomic E-state index is 12.6. The summed E-state index contributed by atoms with van der Waals surface area (Å²) in [5.74, 6) is 0.641. The van der Waals surface area contributed by atoms with Gasteiger partial charge in [0.2, 0.25) is 5.91 Å². The van der Waals surface area contributed by atoms with Gasteiger partial charge in [-0.2, -0.15) is 0 Å². The van der Waals surface area contributed by atoms with Gasteiger partial charge in [0.15, 0.2) is 0 Å². The van der Waals surface area contributed by atoms with Crippen LogP contribution in [0.2, 0.25) is 0 Å². The number of rotatable bonds is 5. The minimum atomic E-state index is 0.219. The van der Waals surface area contributed by atoms with Crippen LogP contribution in [0.15, 0.2) is 12.1 Å². The van der Waals surface area contributed by atoms with Gasteiger partial charge in [0, 0.05) is 28.3 Å². The third kappa shape index (κ3) is 3.83. The van der Waals surface area contributed by atoms with Crippen LogP contribution in [0.4, 0.5) is 0 Å². The molecular weight excluding hydrogens is 268 g/mol. The van der Waals surface area contributed by atoms with Gasteiger partial charge in [0.05, 0.1) is 6.54 Å². The molecule has 1 aromatic rings. The van der Waals surface area contributed by atoms with Gasteiger partial charge in [0.25, 0.3) is 0 Å². The summed E-state index contributed by atoms with van der Waals surface area (Å²) in [4.78, 5) is 17.1. The summed E-state index contributed by atoms with van der Waals surface area (Å²) in [6, 6.07) is 4.71. The number of carbonyl (C=O) groups is 1. The van der Waals surface area contributed by atoms with Gasteiger partial charge in [-0.05, 0) is 51.7 Å². The van der Waals surface area contributed by atoms with E-state index in [1.54, 1.807) is 11.3 Å². The van der Waals surface area contributed by atoms with E-state index in [4.69, 9.17) is 5.73 Å². The fraction of sp³-hybridized carbons (Fsp3) is 0.688. The number of hydrogen-bond acceptors (Lipinski definition) is 3.